The summed E-state index contributed by atoms with van der Waals surface area (Å²) in [5.41, 5.74) is 8.02. The van der Waals surface area contributed by atoms with Crippen LogP contribution in [0.4, 0.5) is 11.5 Å². The molecule has 0 fully saturated rings. The fourth-order valence-corrected chi connectivity index (χ4v) is 4.43. The van der Waals surface area contributed by atoms with Crippen molar-refractivity contribution in [3.8, 4) is 0 Å². The van der Waals surface area contributed by atoms with E-state index >= 15 is 0 Å². The minimum Gasteiger partial charge on any atom is -0.378 e. The number of fused-ring (bicyclic) bond motifs is 1. The van der Waals surface area contributed by atoms with Gasteiger partial charge in [-0.2, -0.15) is 9.78 Å². The molecule has 29 heavy (non-hydrogen) atoms. The molecule has 2 heterocycles. The predicted octanol–water partition coefficient (Wildman–Crippen LogP) is 4.22. The van der Waals surface area contributed by atoms with Gasteiger partial charge in [-0.25, -0.2) is 4.99 Å². The van der Waals surface area contributed by atoms with E-state index < -0.39 is 16.1 Å². The second-order valence-electron chi connectivity index (χ2n) is 6.31. The number of nitro groups is 1. The van der Waals surface area contributed by atoms with Crippen LogP contribution in [-0.2, 0) is 0 Å². The first-order valence-corrected chi connectivity index (χ1v) is 9.76. The molecule has 10 heteroatoms. The van der Waals surface area contributed by atoms with Crippen LogP contribution in [0.3, 0.4) is 0 Å². The molecule has 0 spiro atoms. The fraction of sp³-hybridized carbons (Fsp3) is 0.105. The van der Waals surface area contributed by atoms with Crippen molar-refractivity contribution in [1.82, 2.24) is 9.78 Å². The van der Waals surface area contributed by atoms with Crippen LogP contribution in [0.1, 0.15) is 32.4 Å². The lowest BCUT2D eigenvalue weighted by Crippen LogP contribution is -2.18. The van der Waals surface area contributed by atoms with E-state index in [9.17, 15) is 14.9 Å². The summed E-state index contributed by atoms with van der Waals surface area (Å²) in [5.74, 6) is -0.113. The van der Waals surface area contributed by atoms with Gasteiger partial charge in [0.25, 0.3) is 11.6 Å². The third kappa shape index (κ3) is 3.39. The molecule has 1 aliphatic rings. The van der Waals surface area contributed by atoms with Gasteiger partial charge in [0.05, 0.1) is 15.9 Å². The number of hydrogen-bond acceptors (Lipinski definition) is 7. The maximum absolute atomic E-state index is 13.0. The highest BCUT2D eigenvalue weighted by Gasteiger charge is 2.35. The summed E-state index contributed by atoms with van der Waals surface area (Å²) in [6.07, 6.45) is 0. The summed E-state index contributed by atoms with van der Waals surface area (Å²) in [6.45, 7) is 1.74. The zero-order valence-corrected chi connectivity index (χ0v) is 16.6. The van der Waals surface area contributed by atoms with Gasteiger partial charge in [0.1, 0.15) is 0 Å². The second kappa shape index (κ2) is 7.34. The molecule has 3 aromatic rings. The number of aliphatic imine (C=N–C) groups is 1. The zero-order chi connectivity index (χ0) is 20.7. The molecule has 1 aliphatic heterocycles. The standard InChI is InChI=1S/C19H14ClN5O3S/c1-10-15-16(13-4-2-3-5-14(13)25(27)28)29-19(21)22-17(15)24(23-10)18(26)11-6-8-12(20)9-7-11/h2-9,16H,1H3,(H2,21,22)/t16-/m1/s1. The van der Waals surface area contributed by atoms with Gasteiger partial charge in [0.15, 0.2) is 11.0 Å². The molecule has 1 aromatic heterocycles. The van der Waals surface area contributed by atoms with Crippen LogP contribution < -0.4 is 5.73 Å². The monoisotopic (exact) mass is 427 g/mol. The molecule has 2 N–H and O–H groups in total. The van der Waals surface area contributed by atoms with E-state index in [4.69, 9.17) is 17.3 Å². The number of nitrogens with zero attached hydrogens (tertiary/aromatic N) is 4. The Morgan fingerprint density at radius 3 is 2.62 bits per heavy atom. The summed E-state index contributed by atoms with van der Waals surface area (Å²) in [4.78, 5) is 28.4. The average molecular weight is 428 g/mol. The third-order valence-electron chi connectivity index (χ3n) is 4.50. The molecule has 8 nitrogen and oxygen atoms in total. The van der Waals surface area contributed by atoms with E-state index in [1.54, 1.807) is 49.4 Å². The third-order valence-corrected chi connectivity index (χ3v) is 5.81. The summed E-state index contributed by atoms with van der Waals surface area (Å²) in [6, 6.07) is 12.9. The van der Waals surface area contributed by atoms with Gasteiger partial charge < -0.3 is 5.73 Å². The van der Waals surface area contributed by atoms with Crippen molar-refractivity contribution in [2.45, 2.75) is 12.2 Å². The van der Waals surface area contributed by atoms with Crippen LogP contribution in [0.15, 0.2) is 53.5 Å². The Bertz CT molecular complexity index is 1170. The topological polar surface area (TPSA) is 116 Å². The van der Waals surface area contributed by atoms with E-state index in [0.29, 0.717) is 27.4 Å². The molecule has 146 valence electrons. The Morgan fingerprint density at radius 1 is 1.24 bits per heavy atom. The maximum Gasteiger partial charge on any atom is 0.280 e. The quantitative estimate of drug-likeness (QED) is 0.494. The van der Waals surface area contributed by atoms with Gasteiger partial charge in [0.2, 0.25) is 0 Å². The van der Waals surface area contributed by atoms with E-state index in [0.717, 1.165) is 0 Å². The van der Waals surface area contributed by atoms with Crippen molar-refractivity contribution in [3.05, 3.63) is 86.1 Å². The largest absolute Gasteiger partial charge is 0.378 e. The number of thioether (sulfide) groups is 1. The number of aryl methyl sites for hydroxylation is 1. The van der Waals surface area contributed by atoms with Crippen molar-refractivity contribution in [3.63, 3.8) is 0 Å². The molecular formula is C19H14ClN5O3S. The summed E-state index contributed by atoms with van der Waals surface area (Å²) < 4.78 is 1.18. The number of halogens is 1. The van der Waals surface area contributed by atoms with Gasteiger partial charge in [-0.3, -0.25) is 14.9 Å². The maximum atomic E-state index is 13.0. The van der Waals surface area contributed by atoms with Crippen molar-refractivity contribution < 1.29 is 9.72 Å². The van der Waals surface area contributed by atoms with Gasteiger partial charge >= 0.3 is 0 Å². The molecule has 0 unspecified atom stereocenters. The smallest absolute Gasteiger partial charge is 0.280 e. The van der Waals surface area contributed by atoms with Gasteiger partial charge in [-0.05, 0) is 31.2 Å². The zero-order valence-electron chi connectivity index (χ0n) is 15.1. The molecule has 0 radical (unpaired) electrons. The summed E-state index contributed by atoms with van der Waals surface area (Å²) in [5, 5.41) is 16.1. The van der Waals surface area contributed by atoms with E-state index in [2.05, 4.69) is 10.1 Å². The van der Waals surface area contributed by atoms with Crippen LogP contribution in [0.25, 0.3) is 0 Å². The highest BCUT2D eigenvalue weighted by Crippen LogP contribution is 2.48. The fourth-order valence-electron chi connectivity index (χ4n) is 3.20. The number of nitrogens with two attached hydrogens (primary N) is 1. The Kier molecular flexibility index (Phi) is 4.85. The molecule has 0 bridgehead atoms. The molecule has 4 rings (SSSR count). The number of rotatable bonds is 3. The lowest BCUT2D eigenvalue weighted by atomic mass is 10.0. The van der Waals surface area contributed by atoms with E-state index in [-0.39, 0.29) is 16.7 Å². The van der Waals surface area contributed by atoms with Crippen LogP contribution in [0.2, 0.25) is 5.02 Å². The minimum atomic E-state index is -0.504. The SMILES string of the molecule is Cc1nn(C(=O)c2ccc(Cl)cc2)c2c1[C@@H](c1ccccc1[N+](=O)[O-])SC(N)=N2. The Balaban J connectivity index is 1.86. The van der Waals surface area contributed by atoms with E-state index in [1.165, 1.54) is 22.5 Å². The summed E-state index contributed by atoms with van der Waals surface area (Å²) in [7, 11) is 0. The second-order valence-corrected chi connectivity index (χ2v) is 7.87. The number of aromatic nitrogens is 2. The Labute approximate surface area is 174 Å². The number of carbonyl (C=O) groups is 1. The first-order chi connectivity index (χ1) is 13.9. The molecule has 1 atom stereocenters. The van der Waals surface area contributed by atoms with Crippen LogP contribution >= 0.6 is 23.4 Å². The highest BCUT2D eigenvalue weighted by atomic mass is 35.5. The van der Waals surface area contributed by atoms with Gasteiger partial charge in [0, 0.05) is 27.8 Å². The molecule has 0 saturated carbocycles. The lowest BCUT2D eigenvalue weighted by molar-refractivity contribution is -0.385. The summed E-state index contributed by atoms with van der Waals surface area (Å²) >= 11 is 7.09. The molecule has 2 aromatic carbocycles. The molecular weight excluding hydrogens is 414 g/mol. The van der Waals surface area contributed by atoms with E-state index in [1.807, 2.05) is 0 Å². The number of carbonyl (C=O) groups excluding carboxylic acids is 1. The van der Waals surface area contributed by atoms with Gasteiger partial charge in [-0.15, -0.1) is 0 Å². The first kappa shape index (κ1) is 19.2. The Hall–Kier alpha value is -3.17. The van der Waals surface area contributed by atoms with Crippen molar-refractivity contribution in [1.29, 1.82) is 0 Å². The van der Waals surface area contributed by atoms with Crippen LogP contribution in [-0.4, -0.2) is 25.8 Å². The molecule has 0 amide bonds. The van der Waals surface area contributed by atoms with Crippen LogP contribution in [0, 0.1) is 17.0 Å². The normalized spacial score (nSPS) is 15.5. The van der Waals surface area contributed by atoms with Crippen molar-refractivity contribution in [2.24, 2.45) is 10.7 Å². The highest BCUT2D eigenvalue weighted by molar-refractivity contribution is 8.14. The lowest BCUT2D eigenvalue weighted by Gasteiger charge is -2.21. The molecule has 0 aliphatic carbocycles. The average Bonchev–Trinajstić information content (AvgIpc) is 3.03. The number of amidine groups is 1. The number of hydrogen-bond donors (Lipinski definition) is 1. The van der Waals surface area contributed by atoms with Crippen molar-refractivity contribution in [2.75, 3.05) is 0 Å². The minimum absolute atomic E-state index is 0.0261. The number of benzene rings is 2. The predicted molar refractivity (Wildman–Crippen MR) is 112 cm³/mol. The van der Waals surface area contributed by atoms with Gasteiger partial charge in [-0.1, -0.05) is 41.6 Å². The van der Waals surface area contributed by atoms with Crippen molar-refractivity contribution >= 4 is 45.9 Å². The first-order valence-electron chi connectivity index (χ1n) is 8.50. The molecule has 0 saturated heterocycles. The Morgan fingerprint density at radius 2 is 1.93 bits per heavy atom. The number of para-hydroxylation sites is 1. The number of nitro benzene ring substituents is 1. The van der Waals surface area contributed by atoms with Crippen LogP contribution in [0.5, 0.6) is 0 Å².